The van der Waals surface area contributed by atoms with E-state index < -0.39 is 6.04 Å². The van der Waals surface area contributed by atoms with Gasteiger partial charge in [0.05, 0.1) is 6.42 Å². The van der Waals surface area contributed by atoms with E-state index in [-0.39, 0.29) is 24.8 Å². The minimum absolute atomic E-state index is 0.143. The van der Waals surface area contributed by atoms with E-state index in [1.54, 1.807) is 32.2 Å². The van der Waals surface area contributed by atoms with Crippen LogP contribution in [0.15, 0.2) is 42.5 Å². The molecule has 4 nitrogen and oxygen atoms in total. The molecule has 1 N–H and O–H groups in total. The SMILES string of the molecule is CNC(=O)C(C)N(Cc1ccc(Cl)cc1Cl)C(=O)Cc1ccc(C)cc1. The largest absolute Gasteiger partial charge is 0.357 e. The Morgan fingerprint density at radius 2 is 1.77 bits per heavy atom. The Balaban J connectivity index is 2.26. The molecule has 0 aliphatic rings. The van der Waals surface area contributed by atoms with Crippen molar-refractivity contribution < 1.29 is 9.59 Å². The van der Waals surface area contributed by atoms with Crippen molar-refractivity contribution in [1.29, 1.82) is 0 Å². The molecule has 6 heteroatoms. The maximum absolute atomic E-state index is 12.9. The zero-order chi connectivity index (χ0) is 19.3. The summed E-state index contributed by atoms with van der Waals surface area (Å²) in [4.78, 5) is 26.6. The summed E-state index contributed by atoms with van der Waals surface area (Å²) in [6.07, 6.45) is 0.215. The average Bonchev–Trinajstić information content (AvgIpc) is 2.61. The number of amides is 2. The summed E-state index contributed by atoms with van der Waals surface area (Å²) in [6, 6.07) is 12.3. The first-order chi connectivity index (χ1) is 12.3. The first-order valence-electron chi connectivity index (χ1n) is 8.32. The lowest BCUT2D eigenvalue weighted by atomic mass is 10.1. The molecule has 0 bridgehead atoms. The van der Waals surface area contributed by atoms with Gasteiger partial charge in [-0.2, -0.15) is 0 Å². The van der Waals surface area contributed by atoms with E-state index in [1.165, 1.54) is 4.90 Å². The molecule has 2 aromatic carbocycles. The number of hydrogen-bond acceptors (Lipinski definition) is 2. The van der Waals surface area contributed by atoms with Gasteiger partial charge in [-0.15, -0.1) is 0 Å². The highest BCUT2D eigenvalue weighted by Crippen LogP contribution is 2.23. The normalized spacial score (nSPS) is 11.7. The predicted molar refractivity (Wildman–Crippen MR) is 105 cm³/mol. The molecule has 0 heterocycles. The van der Waals surface area contributed by atoms with Gasteiger partial charge in [0.25, 0.3) is 0 Å². The molecular formula is C20H22Cl2N2O2. The number of hydrogen-bond donors (Lipinski definition) is 1. The summed E-state index contributed by atoms with van der Waals surface area (Å²) in [6.45, 7) is 3.93. The van der Waals surface area contributed by atoms with Crippen molar-refractivity contribution in [3.05, 3.63) is 69.2 Å². The number of carbonyl (C=O) groups is 2. The van der Waals surface area contributed by atoms with Crippen LogP contribution in [-0.4, -0.2) is 29.8 Å². The summed E-state index contributed by atoms with van der Waals surface area (Å²) in [5.41, 5.74) is 2.77. The third-order valence-electron chi connectivity index (χ3n) is 4.25. The molecular weight excluding hydrogens is 371 g/mol. The number of likely N-dealkylation sites (N-methyl/N-ethyl adjacent to an activating group) is 1. The standard InChI is InChI=1S/C20H22Cl2N2O2/c1-13-4-6-15(7-5-13)10-19(25)24(14(2)20(26)23-3)12-16-8-9-17(21)11-18(16)22/h4-9,11,14H,10,12H2,1-3H3,(H,23,26). The first kappa shape index (κ1) is 20.3. The second kappa shape index (κ2) is 9.06. The Bertz CT molecular complexity index is 791. The van der Waals surface area contributed by atoms with Gasteiger partial charge in [-0.1, -0.05) is 59.1 Å². The first-order valence-corrected chi connectivity index (χ1v) is 9.08. The Labute approximate surface area is 164 Å². The second-order valence-electron chi connectivity index (χ2n) is 6.21. The van der Waals surface area contributed by atoms with Gasteiger partial charge >= 0.3 is 0 Å². The van der Waals surface area contributed by atoms with E-state index in [0.717, 1.165) is 16.7 Å². The molecule has 138 valence electrons. The van der Waals surface area contributed by atoms with Crippen LogP contribution in [0.1, 0.15) is 23.6 Å². The van der Waals surface area contributed by atoms with Crippen LogP contribution in [0.3, 0.4) is 0 Å². The molecule has 26 heavy (non-hydrogen) atoms. The zero-order valence-electron chi connectivity index (χ0n) is 15.1. The van der Waals surface area contributed by atoms with Gasteiger partial charge in [0.2, 0.25) is 11.8 Å². The molecule has 0 fully saturated rings. The van der Waals surface area contributed by atoms with Crippen molar-refractivity contribution >= 4 is 35.0 Å². The summed E-state index contributed by atoms with van der Waals surface area (Å²) in [5, 5.41) is 3.59. The molecule has 0 saturated heterocycles. The number of halogens is 2. The van der Waals surface area contributed by atoms with Crippen LogP contribution in [-0.2, 0) is 22.6 Å². The number of nitrogens with zero attached hydrogens (tertiary/aromatic N) is 1. The van der Waals surface area contributed by atoms with Crippen molar-refractivity contribution in [3.8, 4) is 0 Å². The number of rotatable bonds is 6. The third kappa shape index (κ3) is 5.23. The Kier molecular flexibility index (Phi) is 7.06. The molecule has 2 aromatic rings. The fourth-order valence-corrected chi connectivity index (χ4v) is 3.08. The molecule has 2 rings (SSSR count). The minimum atomic E-state index is -0.621. The quantitative estimate of drug-likeness (QED) is 0.806. The van der Waals surface area contributed by atoms with Crippen LogP contribution in [0.25, 0.3) is 0 Å². The van der Waals surface area contributed by atoms with E-state index in [1.807, 2.05) is 31.2 Å². The van der Waals surface area contributed by atoms with Crippen molar-refractivity contribution in [2.45, 2.75) is 32.9 Å². The number of benzene rings is 2. The fourth-order valence-electron chi connectivity index (χ4n) is 2.61. The van der Waals surface area contributed by atoms with E-state index in [2.05, 4.69) is 5.32 Å². The second-order valence-corrected chi connectivity index (χ2v) is 7.05. The molecule has 0 aromatic heterocycles. The van der Waals surface area contributed by atoms with Crippen molar-refractivity contribution in [2.24, 2.45) is 0 Å². The van der Waals surface area contributed by atoms with Gasteiger partial charge < -0.3 is 10.2 Å². The van der Waals surface area contributed by atoms with Crippen LogP contribution in [0, 0.1) is 6.92 Å². The van der Waals surface area contributed by atoms with Gasteiger partial charge in [0.1, 0.15) is 6.04 Å². The molecule has 0 aliphatic heterocycles. The average molecular weight is 393 g/mol. The monoisotopic (exact) mass is 392 g/mol. The molecule has 1 unspecified atom stereocenters. The van der Waals surface area contributed by atoms with Crippen LogP contribution in [0.4, 0.5) is 0 Å². The molecule has 0 spiro atoms. The maximum atomic E-state index is 12.9. The lowest BCUT2D eigenvalue weighted by Gasteiger charge is -2.29. The van der Waals surface area contributed by atoms with Gasteiger partial charge in [0, 0.05) is 23.6 Å². The lowest BCUT2D eigenvalue weighted by molar-refractivity contribution is -0.139. The molecule has 1 atom stereocenters. The van der Waals surface area contributed by atoms with Crippen molar-refractivity contribution in [3.63, 3.8) is 0 Å². The summed E-state index contributed by atoms with van der Waals surface area (Å²) < 4.78 is 0. The topological polar surface area (TPSA) is 49.4 Å². The van der Waals surface area contributed by atoms with Gasteiger partial charge in [-0.25, -0.2) is 0 Å². The predicted octanol–water partition coefficient (Wildman–Crippen LogP) is 4.01. The molecule has 0 radical (unpaired) electrons. The molecule has 0 saturated carbocycles. The van der Waals surface area contributed by atoms with Crippen LogP contribution in [0.5, 0.6) is 0 Å². The molecule has 2 amide bonds. The van der Waals surface area contributed by atoms with Crippen molar-refractivity contribution in [1.82, 2.24) is 10.2 Å². The summed E-state index contributed by atoms with van der Waals surface area (Å²) in [7, 11) is 1.55. The van der Waals surface area contributed by atoms with Gasteiger partial charge in [-0.3, -0.25) is 9.59 Å². The highest BCUT2D eigenvalue weighted by atomic mass is 35.5. The van der Waals surface area contributed by atoms with E-state index in [0.29, 0.717) is 10.0 Å². The lowest BCUT2D eigenvalue weighted by Crippen LogP contribution is -2.47. The molecule has 0 aliphatic carbocycles. The Morgan fingerprint density at radius 1 is 1.12 bits per heavy atom. The van der Waals surface area contributed by atoms with E-state index in [9.17, 15) is 9.59 Å². The van der Waals surface area contributed by atoms with Crippen molar-refractivity contribution in [2.75, 3.05) is 7.05 Å². The highest BCUT2D eigenvalue weighted by Gasteiger charge is 2.26. The van der Waals surface area contributed by atoms with Crippen LogP contribution >= 0.6 is 23.2 Å². The van der Waals surface area contributed by atoms with Gasteiger partial charge in [0.15, 0.2) is 0 Å². The highest BCUT2D eigenvalue weighted by molar-refractivity contribution is 6.35. The number of carbonyl (C=O) groups excluding carboxylic acids is 2. The van der Waals surface area contributed by atoms with E-state index >= 15 is 0 Å². The number of aryl methyl sites for hydroxylation is 1. The maximum Gasteiger partial charge on any atom is 0.242 e. The van der Waals surface area contributed by atoms with Gasteiger partial charge in [-0.05, 0) is 37.1 Å². The Hall–Kier alpha value is -2.04. The van der Waals surface area contributed by atoms with E-state index in [4.69, 9.17) is 23.2 Å². The van der Waals surface area contributed by atoms with Crippen LogP contribution in [0.2, 0.25) is 10.0 Å². The minimum Gasteiger partial charge on any atom is -0.357 e. The smallest absolute Gasteiger partial charge is 0.242 e. The Morgan fingerprint density at radius 3 is 2.35 bits per heavy atom. The third-order valence-corrected chi connectivity index (χ3v) is 4.83. The number of nitrogens with one attached hydrogen (secondary N) is 1. The summed E-state index contributed by atoms with van der Waals surface area (Å²) in [5.74, 6) is -0.372. The van der Waals surface area contributed by atoms with Crippen LogP contribution < -0.4 is 5.32 Å². The summed E-state index contributed by atoms with van der Waals surface area (Å²) >= 11 is 12.2. The zero-order valence-corrected chi connectivity index (χ0v) is 16.6. The fraction of sp³-hybridized carbons (Fsp3) is 0.300.